The van der Waals surface area contributed by atoms with Gasteiger partial charge in [-0.2, -0.15) is 0 Å². The van der Waals surface area contributed by atoms with Crippen LogP contribution in [0.3, 0.4) is 0 Å². The summed E-state index contributed by atoms with van der Waals surface area (Å²) < 4.78 is 0. The molecule has 1 nitrogen and oxygen atoms in total. The molecule has 0 spiro atoms. The van der Waals surface area contributed by atoms with Crippen LogP contribution in [0.4, 0.5) is 0 Å². The Morgan fingerprint density at radius 3 is 2.00 bits per heavy atom. The van der Waals surface area contributed by atoms with E-state index in [-0.39, 0.29) is 0 Å². The number of likely N-dealkylation sites (N-methyl/N-ethyl adjacent to an activating group) is 1. The zero-order chi connectivity index (χ0) is 19.0. The Labute approximate surface area is 150 Å². The van der Waals surface area contributed by atoms with Gasteiger partial charge in [0, 0.05) is 12.7 Å². The molecule has 132 valence electrons. The van der Waals surface area contributed by atoms with Crippen LogP contribution in [0, 0.1) is 6.92 Å². The first-order valence-electron chi connectivity index (χ1n) is 8.54. The summed E-state index contributed by atoms with van der Waals surface area (Å²) in [6.07, 6.45) is 9.76. The van der Waals surface area contributed by atoms with Gasteiger partial charge in [-0.15, -0.1) is 0 Å². The summed E-state index contributed by atoms with van der Waals surface area (Å²) in [7, 11) is 1.91. The Morgan fingerprint density at radius 1 is 1.04 bits per heavy atom. The van der Waals surface area contributed by atoms with Crippen molar-refractivity contribution in [3.63, 3.8) is 0 Å². The van der Waals surface area contributed by atoms with Crippen molar-refractivity contribution >= 4 is 5.57 Å². The maximum absolute atomic E-state index is 3.78. The first kappa shape index (κ1) is 24.0. The summed E-state index contributed by atoms with van der Waals surface area (Å²) in [5.74, 6) is 0. The maximum atomic E-state index is 3.78. The third-order valence-corrected chi connectivity index (χ3v) is 3.40. The summed E-state index contributed by atoms with van der Waals surface area (Å²) >= 11 is 0. The van der Waals surface area contributed by atoms with Gasteiger partial charge in [-0.05, 0) is 56.0 Å². The van der Waals surface area contributed by atoms with Crippen molar-refractivity contribution in [2.45, 2.75) is 41.5 Å². The van der Waals surface area contributed by atoms with Gasteiger partial charge in [0.05, 0.1) is 0 Å². The second kappa shape index (κ2) is 15.6. The van der Waals surface area contributed by atoms with Gasteiger partial charge >= 0.3 is 0 Å². The van der Waals surface area contributed by atoms with Gasteiger partial charge in [-0.1, -0.05) is 75.6 Å². The highest BCUT2D eigenvalue weighted by Gasteiger charge is 1.97. The summed E-state index contributed by atoms with van der Waals surface area (Å²) in [4.78, 5) is 0. The normalized spacial score (nSPS) is 11.4. The van der Waals surface area contributed by atoms with Gasteiger partial charge in [-0.3, -0.25) is 0 Å². The van der Waals surface area contributed by atoms with Crippen molar-refractivity contribution in [1.29, 1.82) is 0 Å². The molecular weight excluding hydrogens is 290 g/mol. The van der Waals surface area contributed by atoms with Gasteiger partial charge in [0.15, 0.2) is 0 Å². The number of hydrogen-bond acceptors (Lipinski definition) is 1. The Kier molecular flexibility index (Phi) is 15.6. The van der Waals surface area contributed by atoms with E-state index in [2.05, 4.69) is 68.7 Å². The maximum Gasteiger partial charge on any atom is 0.0363 e. The zero-order valence-electron chi connectivity index (χ0n) is 16.6. The minimum atomic E-state index is 1.12. The van der Waals surface area contributed by atoms with E-state index in [1.54, 1.807) is 6.08 Å². The van der Waals surface area contributed by atoms with Crippen molar-refractivity contribution in [3.05, 3.63) is 90.2 Å². The predicted octanol–water partition coefficient (Wildman–Crippen LogP) is 6.85. The third-order valence-electron chi connectivity index (χ3n) is 3.40. The highest BCUT2D eigenvalue weighted by atomic mass is 14.8. The fourth-order valence-corrected chi connectivity index (χ4v) is 1.97. The van der Waals surface area contributed by atoms with Gasteiger partial charge < -0.3 is 5.32 Å². The van der Waals surface area contributed by atoms with Gasteiger partial charge in [-0.25, -0.2) is 0 Å². The zero-order valence-corrected chi connectivity index (χ0v) is 16.6. The van der Waals surface area contributed by atoms with E-state index in [1.807, 2.05) is 46.9 Å². The molecule has 0 atom stereocenters. The van der Waals surface area contributed by atoms with Crippen molar-refractivity contribution < 1.29 is 0 Å². The van der Waals surface area contributed by atoms with Crippen LogP contribution in [-0.2, 0) is 0 Å². The molecule has 0 unspecified atom stereocenters. The fourth-order valence-electron chi connectivity index (χ4n) is 1.97. The Bertz CT molecular complexity index is 571. The molecular formula is C23H35N. The molecule has 1 heteroatoms. The lowest BCUT2D eigenvalue weighted by Crippen LogP contribution is -2.06. The van der Waals surface area contributed by atoms with E-state index >= 15 is 0 Å². The van der Waals surface area contributed by atoms with Crippen molar-refractivity contribution in [2.24, 2.45) is 0 Å². The molecule has 0 radical (unpaired) electrons. The van der Waals surface area contributed by atoms with Crippen LogP contribution < -0.4 is 5.32 Å². The predicted molar refractivity (Wildman–Crippen MR) is 113 cm³/mol. The highest BCUT2D eigenvalue weighted by Crippen LogP contribution is 2.18. The molecule has 0 bridgehead atoms. The van der Waals surface area contributed by atoms with Crippen LogP contribution in [0.25, 0.3) is 5.57 Å². The van der Waals surface area contributed by atoms with Crippen LogP contribution in [-0.4, -0.2) is 7.05 Å². The smallest absolute Gasteiger partial charge is 0.0363 e. The quantitative estimate of drug-likeness (QED) is 0.583. The van der Waals surface area contributed by atoms with E-state index in [1.165, 1.54) is 22.3 Å². The lowest BCUT2D eigenvalue weighted by Gasteiger charge is -2.04. The average molecular weight is 326 g/mol. The van der Waals surface area contributed by atoms with E-state index in [9.17, 15) is 0 Å². The Hall–Kier alpha value is -2.28. The highest BCUT2D eigenvalue weighted by molar-refractivity contribution is 5.75. The molecule has 0 saturated heterocycles. The minimum absolute atomic E-state index is 1.12. The van der Waals surface area contributed by atoms with Crippen molar-refractivity contribution in [2.75, 3.05) is 7.05 Å². The molecule has 0 aliphatic rings. The second-order valence-electron chi connectivity index (χ2n) is 4.80. The topological polar surface area (TPSA) is 12.0 Å². The van der Waals surface area contributed by atoms with E-state index in [0.29, 0.717) is 0 Å². The van der Waals surface area contributed by atoms with Crippen molar-refractivity contribution in [1.82, 2.24) is 5.32 Å². The molecule has 1 aromatic carbocycles. The monoisotopic (exact) mass is 325 g/mol. The van der Waals surface area contributed by atoms with Crippen LogP contribution in [0.5, 0.6) is 0 Å². The summed E-state index contributed by atoms with van der Waals surface area (Å²) in [5, 5.41) is 3.08. The van der Waals surface area contributed by atoms with Crippen molar-refractivity contribution in [3.8, 4) is 0 Å². The third kappa shape index (κ3) is 8.99. The number of allylic oxidation sites excluding steroid dienone is 7. The summed E-state index contributed by atoms with van der Waals surface area (Å²) in [5.41, 5.74) is 6.13. The summed E-state index contributed by atoms with van der Waals surface area (Å²) in [6.45, 7) is 19.6. The number of aryl methyl sites for hydroxylation is 1. The Morgan fingerprint density at radius 2 is 1.62 bits per heavy atom. The number of rotatable bonds is 5. The van der Waals surface area contributed by atoms with E-state index in [4.69, 9.17) is 0 Å². The molecule has 0 amide bonds. The van der Waals surface area contributed by atoms with Gasteiger partial charge in [0.25, 0.3) is 0 Å². The number of hydrogen-bond donors (Lipinski definition) is 1. The first-order valence-corrected chi connectivity index (χ1v) is 8.54. The molecule has 1 aromatic rings. The molecule has 0 aromatic heterocycles. The fraction of sp³-hybridized carbons (Fsp3) is 0.304. The largest absolute Gasteiger partial charge is 0.388 e. The number of nitrogens with one attached hydrogen (secondary N) is 1. The van der Waals surface area contributed by atoms with E-state index in [0.717, 1.165) is 5.70 Å². The Balaban J connectivity index is 0. The molecule has 1 N–H and O–H groups in total. The first-order chi connectivity index (χ1) is 11.5. The van der Waals surface area contributed by atoms with E-state index < -0.39 is 0 Å². The standard InChI is InChI=1S/C12H14.C9H15N.C2H6/c1-4-11(5-2)12-9-7-6-8-10(12)3;1-5-7-9(10-4)8(3)6-2;1-2/h4-9H,1H2,2-3H3;5-7,10H,1H2,2-4H3;1-2H3/b11-5+;8-6-,9-7+;. The molecule has 0 saturated carbocycles. The van der Waals surface area contributed by atoms with Gasteiger partial charge in [0.2, 0.25) is 0 Å². The molecule has 0 aliphatic carbocycles. The van der Waals surface area contributed by atoms with Crippen LogP contribution in [0.15, 0.2) is 79.1 Å². The van der Waals surface area contributed by atoms with Gasteiger partial charge in [0.1, 0.15) is 0 Å². The average Bonchev–Trinajstić information content (AvgIpc) is 2.63. The lowest BCUT2D eigenvalue weighted by atomic mass is 10.0. The minimum Gasteiger partial charge on any atom is -0.388 e. The molecule has 24 heavy (non-hydrogen) atoms. The second-order valence-corrected chi connectivity index (χ2v) is 4.80. The SMILES string of the molecule is C=C/C(=C\C)c1ccccc1C.C=C/C=C(NC)\C(C)=C/C.CC. The molecule has 0 fully saturated rings. The lowest BCUT2D eigenvalue weighted by molar-refractivity contribution is 0.997. The van der Waals surface area contributed by atoms with Crippen LogP contribution in [0.1, 0.15) is 45.7 Å². The molecule has 0 aliphatic heterocycles. The molecule has 1 rings (SSSR count). The number of benzene rings is 1. The van der Waals surface area contributed by atoms with Crippen LogP contribution >= 0.6 is 0 Å². The van der Waals surface area contributed by atoms with Crippen LogP contribution in [0.2, 0.25) is 0 Å². The summed E-state index contributed by atoms with van der Waals surface area (Å²) in [6, 6.07) is 8.33. The molecule has 0 heterocycles.